The lowest BCUT2D eigenvalue weighted by atomic mass is 10.3. The smallest absolute Gasteiger partial charge is 0.168 e. The normalized spacial score (nSPS) is 10.4. The molecule has 2 aromatic rings. The fourth-order valence-electron chi connectivity index (χ4n) is 1.28. The Bertz CT molecular complexity index is 456. The van der Waals surface area contributed by atoms with Gasteiger partial charge in [0.1, 0.15) is 5.82 Å². The number of hydrogen-bond acceptors (Lipinski definition) is 3. The van der Waals surface area contributed by atoms with E-state index in [0.29, 0.717) is 13.0 Å². The second-order valence-electron chi connectivity index (χ2n) is 3.24. The van der Waals surface area contributed by atoms with Crippen molar-refractivity contribution in [2.45, 2.75) is 6.42 Å². The van der Waals surface area contributed by atoms with Crippen LogP contribution in [0.2, 0.25) is 0 Å². The van der Waals surface area contributed by atoms with Crippen molar-refractivity contribution < 1.29 is 8.78 Å². The number of nitrogens with zero attached hydrogens (tertiary/aromatic N) is 2. The van der Waals surface area contributed by atoms with Gasteiger partial charge in [0.25, 0.3) is 0 Å². The van der Waals surface area contributed by atoms with Gasteiger partial charge in [-0.1, -0.05) is 0 Å². The van der Waals surface area contributed by atoms with Gasteiger partial charge in [0.2, 0.25) is 0 Å². The maximum absolute atomic E-state index is 13.1. The van der Waals surface area contributed by atoms with Crippen LogP contribution in [-0.2, 0) is 6.42 Å². The Kier molecular flexibility index (Phi) is 3.09. The molecule has 0 amide bonds. The van der Waals surface area contributed by atoms with Crippen LogP contribution in [0.4, 0.5) is 14.6 Å². The number of anilines is 1. The average molecular weight is 224 g/mol. The number of halogens is 2. The highest BCUT2D eigenvalue weighted by Gasteiger charge is 2.04. The zero-order valence-corrected chi connectivity index (χ0v) is 8.37. The molecule has 2 aromatic heterocycles. The maximum atomic E-state index is 13.1. The lowest BCUT2D eigenvalue weighted by Crippen LogP contribution is -2.08. The van der Waals surface area contributed by atoms with Gasteiger partial charge in [0.05, 0.1) is 12.5 Å². The molecule has 0 unspecified atom stereocenters. The average Bonchev–Trinajstić information content (AvgIpc) is 2.74. The molecule has 0 spiro atoms. The minimum atomic E-state index is -0.690. The zero-order valence-electron chi connectivity index (χ0n) is 8.37. The van der Waals surface area contributed by atoms with Crippen molar-refractivity contribution >= 4 is 5.82 Å². The Morgan fingerprint density at radius 2 is 2.19 bits per heavy atom. The largest absolute Gasteiger partial charge is 0.367 e. The second kappa shape index (κ2) is 4.69. The highest BCUT2D eigenvalue weighted by atomic mass is 19.1. The highest BCUT2D eigenvalue weighted by molar-refractivity contribution is 5.35. The van der Waals surface area contributed by atoms with Crippen LogP contribution in [-0.4, -0.2) is 21.5 Å². The SMILES string of the molecule is Fc1cnc(NCCc2cnc[nH]2)c(F)c1. The van der Waals surface area contributed by atoms with Crippen LogP contribution < -0.4 is 5.32 Å². The Morgan fingerprint density at radius 3 is 2.88 bits per heavy atom. The van der Waals surface area contributed by atoms with E-state index in [-0.39, 0.29) is 5.82 Å². The van der Waals surface area contributed by atoms with Crippen LogP contribution in [0.15, 0.2) is 24.8 Å². The van der Waals surface area contributed by atoms with Crippen molar-refractivity contribution in [3.8, 4) is 0 Å². The predicted molar refractivity (Wildman–Crippen MR) is 54.9 cm³/mol. The van der Waals surface area contributed by atoms with Gasteiger partial charge in [-0.2, -0.15) is 0 Å². The van der Waals surface area contributed by atoms with E-state index in [2.05, 4.69) is 20.3 Å². The fourth-order valence-corrected chi connectivity index (χ4v) is 1.28. The summed E-state index contributed by atoms with van der Waals surface area (Å²) in [5, 5.41) is 2.78. The van der Waals surface area contributed by atoms with E-state index in [1.807, 2.05) is 0 Å². The molecule has 0 aromatic carbocycles. The fraction of sp³-hybridized carbons (Fsp3) is 0.200. The number of pyridine rings is 1. The van der Waals surface area contributed by atoms with Gasteiger partial charge in [-0.3, -0.25) is 0 Å². The van der Waals surface area contributed by atoms with Crippen LogP contribution in [0.25, 0.3) is 0 Å². The third kappa shape index (κ3) is 2.53. The minimum Gasteiger partial charge on any atom is -0.367 e. The number of aromatic amines is 1. The van der Waals surface area contributed by atoms with Gasteiger partial charge in [-0.25, -0.2) is 18.7 Å². The Labute approximate surface area is 90.7 Å². The second-order valence-corrected chi connectivity index (χ2v) is 3.24. The van der Waals surface area contributed by atoms with Crippen LogP contribution >= 0.6 is 0 Å². The summed E-state index contributed by atoms with van der Waals surface area (Å²) in [7, 11) is 0. The summed E-state index contributed by atoms with van der Waals surface area (Å²) >= 11 is 0. The number of H-pyrrole nitrogens is 1. The van der Waals surface area contributed by atoms with E-state index in [1.54, 1.807) is 12.5 Å². The molecule has 16 heavy (non-hydrogen) atoms. The molecule has 0 radical (unpaired) electrons. The molecule has 6 heteroatoms. The summed E-state index contributed by atoms with van der Waals surface area (Å²) in [5.41, 5.74) is 0.940. The van der Waals surface area contributed by atoms with E-state index in [0.717, 1.165) is 18.0 Å². The Hall–Kier alpha value is -1.98. The summed E-state index contributed by atoms with van der Waals surface area (Å²) in [5.74, 6) is -1.32. The molecular formula is C10H10F2N4. The van der Waals surface area contributed by atoms with Crippen molar-refractivity contribution in [1.29, 1.82) is 0 Å². The van der Waals surface area contributed by atoms with E-state index in [1.165, 1.54) is 0 Å². The topological polar surface area (TPSA) is 53.6 Å². The molecule has 84 valence electrons. The van der Waals surface area contributed by atoms with Crippen LogP contribution in [0.1, 0.15) is 5.69 Å². The van der Waals surface area contributed by atoms with Gasteiger partial charge >= 0.3 is 0 Å². The van der Waals surface area contributed by atoms with Crippen molar-refractivity contribution in [3.05, 3.63) is 42.1 Å². The van der Waals surface area contributed by atoms with Gasteiger partial charge in [0.15, 0.2) is 11.6 Å². The Morgan fingerprint density at radius 1 is 1.31 bits per heavy atom. The van der Waals surface area contributed by atoms with E-state index < -0.39 is 11.6 Å². The summed E-state index contributed by atoms with van der Waals surface area (Å²) in [4.78, 5) is 10.4. The molecule has 4 nitrogen and oxygen atoms in total. The third-order valence-electron chi connectivity index (χ3n) is 2.05. The lowest BCUT2D eigenvalue weighted by Gasteiger charge is -2.05. The molecule has 0 aliphatic heterocycles. The summed E-state index contributed by atoms with van der Waals surface area (Å²) in [6.45, 7) is 0.498. The first-order valence-corrected chi connectivity index (χ1v) is 4.78. The third-order valence-corrected chi connectivity index (χ3v) is 2.05. The summed E-state index contributed by atoms with van der Waals surface area (Å²) in [6.07, 6.45) is 4.91. The molecule has 0 aliphatic rings. The van der Waals surface area contributed by atoms with E-state index in [9.17, 15) is 8.78 Å². The number of nitrogens with one attached hydrogen (secondary N) is 2. The molecule has 2 N–H and O–H groups in total. The van der Waals surface area contributed by atoms with Gasteiger partial charge in [0, 0.05) is 30.9 Å². The van der Waals surface area contributed by atoms with Crippen LogP contribution in [0.3, 0.4) is 0 Å². The minimum absolute atomic E-state index is 0.0564. The number of aromatic nitrogens is 3. The van der Waals surface area contributed by atoms with Crippen molar-refractivity contribution in [2.75, 3.05) is 11.9 Å². The predicted octanol–water partition coefficient (Wildman–Crippen LogP) is 1.74. The molecule has 0 saturated carbocycles. The summed E-state index contributed by atoms with van der Waals surface area (Å²) in [6, 6.07) is 0.797. The standard InChI is InChI=1S/C10H10F2N4/c11-7-3-9(12)10(15-4-7)14-2-1-8-5-13-6-16-8/h3-6H,1-2H2,(H,13,16)(H,14,15). The van der Waals surface area contributed by atoms with Crippen LogP contribution in [0.5, 0.6) is 0 Å². The monoisotopic (exact) mass is 224 g/mol. The number of rotatable bonds is 4. The van der Waals surface area contributed by atoms with Crippen LogP contribution in [0, 0.1) is 11.6 Å². The maximum Gasteiger partial charge on any atom is 0.168 e. The Balaban J connectivity index is 1.90. The van der Waals surface area contributed by atoms with Gasteiger partial charge in [-0.05, 0) is 0 Å². The molecule has 0 bridgehead atoms. The summed E-state index contributed by atoms with van der Waals surface area (Å²) < 4.78 is 25.7. The first-order valence-electron chi connectivity index (χ1n) is 4.78. The van der Waals surface area contributed by atoms with E-state index in [4.69, 9.17) is 0 Å². The molecule has 0 saturated heterocycles. The molecule has 0 atom stereocenters. The van der Waals surface area contributed by atoms with Crippen molar-refractivity contribution in [2.24, 2.45) is 0 Å². The first-order chi connectivity index (χ1) is 7.75. The molecular weight excluding hydrogens is 214 g/mol. The zero-order chi connectivity index (χ0) is 11.4. The van der Waals surface area contributed by atoms with Crippen molar-refractivity contribution in [1.82, 2.24) is 15.0 Å². The number of imidazole rings is 1. The van der Waals surface area contributed by atoms with E-state index >= 15 is 0 Å². The van der Waals surface area contributed by atoms with Gasteiger partial charge < -0.3 is 10.3 Å². The molecule has 0 fully saturated rings. The highest BCUT2D eigenvalue weighted by Crippen LogP contribution is 2.10. The first kappa shape index (κ1) is 10.5. The molecule has 2 rings (SSSR count). The quantitative estimate of drug-likeness (QED) is 0.831. The van der Waals surface area contributed by atoms with Gasteiger partial charge in [-0.15, -0.1) is 0 Å². The molecule has 2 heterocycles. The molecule has 0 aliphatic carbocycles. The van der Waals surface area contributed by atoms with Crippen molar-refractivity contribution in [3.63, 3.8) is 0 Å². The number of hydrogen-bond donors (Lipinski definition) is 2. The lowest BCUT2D eigenvalue weighted by molar-refractivity contribution is 0.575.